The molecule has 11 heteroatoms. The minimum absolute atomic E-state index is 0.132. The van der Waals surface area contributed by atoms with Crippen molar-refractivity contribution in [2.75, 3.05) is 23.4 Å². The van der Waals surface area contributed by atoms with Gasteiger partial charge in [0, 0.05) is 27.3 Å². The number of hydrogen-bond acceptors (Lipinski definition) is 5. The molecule has 1 aliphatic rings. The smallest absolute Gasteiger partial charge is 0.338 e. The highest BCUT2D eigenvalue weighted by atomic mass is 35.5. The summed E-state index contributed by atoms with van der Waals surface area (Å²) in [5.74, 6) is -1.16. The topological polar surface area (TPSA) is 78.9 Å². The number of ether oxygens (including phenoxy) is 1. The van der Waals surface area contributed by atoms with Crippen LogP contribution in [0.3, 0.4) is 0 Å². The molecule has 3 aromatic carbocycles. The van der Waals surface area contributed by atoms with E-state index < -0.39 is 12.0 Å². The maximum Gasteiger partial charge on any atom is 0.338 e. The van der Waals surface area contributed by atoms with Crippen LogP contribution in [0.25, 0.3) is 0 Å². The third-order valence-corrected chi connectivity index (χ3v) is 7.36. The monoisotopic (exact) mass is 603 g/mol. The Morgan fingerprint density at radius 3 is 2.28 bits per heavy atom. The number of nitrogens with zero attached hydrogens (tertiary/aromatic N) is 2. The van der Waals surface area contributed by atoms with Gasteiger partial charge in [-0.2, -0.15) is 0 Å². The molecular formula is C28H24Cl3N3O4S. The van der Waals surface area contributed by atoms with E-state index in [-0.39, 0.29) is 30.0 Å². The molecule has 39 heavy (non-hydrogen) atoms. The number of esters is 1. The molecule has 0 aromatic heterocycles. The van der Waals surface area contributed by atoms with Crippen molar-refractivity contribution in [3.63, 3.8) is 0 Å². The van der Waals surface area contributed by atoms with E-state index in [1.165, 1.54) is 4.90 Å². The second-order valence-corrected chi connectivity index (χ2v) is 10.3. The molecule has 0 aliphatic carbocycles. The summed E-state index contributed by atoms with van der Waals surface area (Å²) < 4.78 is 5.04. The summed E-state index contributed by atoms with van der Waals surface area (Å²) in [6.07, 6.45) is 0.335. The highest BCUT2D eigenvalue weighted by Gasteiger charge is 2.44. The van der Waals surface area contributed by atoms with Gasteiger partial charge in [-0.3, -0.25) is 14.5 Å². The summed E-state index contributed by atoms with van der Waals surface area (Å²) in [6, 6.07) is 17.4. The molecule has 1 aliphatic heterocycles. The number of carbonyl (C=O) groups excluding carboxylic acids is 3. The fourth-order valence-corrected chi connectivity index (χ4v) is 5.22. The largest absolute Gasteiger partial charge is 0.462 e. The van der Waals surface area contributed by atoms with E-state index in [0.29, 0.717) is 45.0 Å². The van der Waals surface area contributed by atoms with Crippen LogP contribution in [0.4, 0.5) is 11.4 Å². The van der Waals surface area contributed by atoms with Crippen molar-refractivity contribution in [1.82, 2.24) is 4.90 Å². The molecule has 0 saturated carbocycles. The van der Waals surface area contributed by atoms with Gasteiger partial charge in [0.05, 0.1) is 24.3 Å². The standard InChI is InChI=1S/C28H24Cl3N3O4S/c1-2-38-27(37)18-4-11-22(12-5-18)34-26(36)24(16-25(35)32-21-9-7-19(29)8-10-21)33(28(34)39)14-13-17-3-6-20(30)15-23(17)31/h3-12,15,24H,2,13-14,16H2,1H3,(H,32,35)/t24-/m0/s1. The van der Waals surface area contributed by atoms with Gasteiger partial charge in [-0.05, 0) is 91.8 Å². The quantitative estimate of drug-likeness (QED) is 0.225. The highest BCUT2D eigenvalue weighted by molar-refractivity contribution is 7.80. The van der Waals surface area contributed by atoms with E-state index in [0.717, 1.165) is 5.56 Å². The second-order valence-electron chi connectivity index (χ2n) is 8.68. The first-order valence-electron chi connectivity index (χ1n) is 12.1. The molecule has 7 nitrogen and oxygen atoms in total. The molecular weight excluding hydrogens is 581 g/mol. The third kappa shape index (κ3) is 6.89. The average molecular weight is 605 g/mol. The number of nitrogens with one attached hydrogen (secondary N) is 1. The number of carbonyl (C=O) groups is 3. The van der Waals surface area contributed by atoms with Crippen LogP contribution >= 0.6 is 47.0 Å². The molecule has 4 rings (SSSR count). The van der Waals surface area contributed by atoms with Gasteiger partial charge in [-0.25, -0.2) is 4.79 Å². The number of amides is 2. The molecule has 1 atom stereocenters. The average Bonchev–Trinajstić information content (AvgIpc) is 3.13. The summed E-state index contributed by atoms with van der Waals surface area (Å²) in [5.41, 5.74) is 2.22. The maximum absolute atomic E-state index is 13.7. The second kappa shape index (κ2) is 12.8. The van der Waals surface area contributed by atoms with E-state index in [4.69, 9.17) is 51.8 Å². The van der Waals surface area contributed by atoms with Gasteiger partial charge in [-0.1, -0.05) is 40.9 Å². The van der Waals surface area contributed by atoms with Crippen molar-refractivity contribution in [1.29, 1.82) is 0 Å². The normalized spacial score (nSPS) is 15.0. The van der Waals surface area contributed by atoms with Gasteiger partial charge in [-0.15, -0.1) is 0 Å². The summed E-state index contributed by atoms with van der Waals surface area (Å²) in [7, 11) is 0. The molecule has 2 amide bonds. The summed E-state index contributed by atoms with van der Waals surface area (Å²) in [4.78, 5) is 41.8. The Bertz CT molecular complexity index is 1400. The maximum atomic E-state index is 13.7. The molecule has 1 fully saturated rings. The van der Waals surface area contributed by atoms with Crippen LogP contribution in [0.15, 0.2) is 66.7 Å². The summed E-state index contributed by atoms with van der Waals surface area (Å²) >= 11 is 24.1. The molecule has 1 heterocycles. The zero-order chi connectivity index (χ0) is 28.1. The van der Waals surface area contributed by atoms with E-state index in [1.807, 2.05) is 6.07 Å². The Morgan fingerprint density at radius 1 is 0.974 bits per heavy atom. The fraction of sp³-hybridized carbons (Fsp3) is 0.214. The lowest BCUT2D eigenvalue weighted by molar-refractivity contribution is -0.124. The lowest BCUT2D eigenvalue weighted by atomic mass is 10.1. The van der Waals surface area contributed by atoms with E-state index in [9.17, 15) is 14.4 Å². The Morgan fingerprint density at radius 2 is 1.64 bits per heavy atom. The van der Waals surface area contributed by atoms with Crippen molar-refractivity contribution in [3.8, 4) is 0 Å². The zero-order valence-electron chi connectivity index (χ0n) is 20.8. The first kappa shape index (κ1) is 28.8. The Hall–Kier alpha value is -3.17. The minimum atomic E-state index is -0.847. The highest BCUT2D eigenvalue weighted by Crippen LogP contribution is 2.29. The van der Waals surface area contributed by atoms with Gasteiger partial charge in [0.15, 0.2) is 5.11 Å². The lowest BCUT2D eigenvalue weighted by Crippen LogP contribution is -2.39. The molecule has 0 radical (unpaired) electrons. The number of halogens is 3. The van der Waals surface area contributed by atoms with Crippen molar-refractivity contribution in [2.24, 2.45) is 0 Å². The summed E-state index contributed by atoms with van der Waals surface area (Å²) in [5, 5.41) is 4.61. The number of rotatable bonds is 9. The van der Waals surface area contributed by atoms with Crippen molar-refractivity contribution in [3.05, 3.63) is 92.9 Å². The number of anilines is 2. The number of benzene rings is 3. The van der Waals surface area contributed by atoms with Crippen LogP contribution in [-0.2, 0) is 20.7 Å². The van der Waals surface area contributed by atoms with Crippen LogP contribution in [0.5, 0.6) is 0 Å². The molecule has 3 aromatic rings. The van der Waals surface area contributed by atoms with Crippen LogP contribution in [0.2, 0.25) is 15.1 Å². The minimum Gasteiger partial charge on any atom is -0.462 e. The first-order valence-corrected chi connectivity index (χ1v) is 13.6. The van der Waals surface area contributed by atoms with Gasteiger partial charge >= 0.3 is 5.97 Å². The third-order valence-electron chi connectivity index (χ3n) is 6.10. The SMILES string of the molecule is CCOC(=O)c1ccc(N2C(=O)[C@H](CC(=O)Nc3ccc(Cl)cc3)N(CCc3ccc(Cl)cc3Cl)C2=S)cc1. The van der Waals surface area contributed by atoms with Crippen molar-refractivity contribution < 1.29 is 19.1 Å². The Labute approximate surface area is 246 Å². The van der Waals surface area contributed by atoms with Crippen LogP contribution in [0.1, 0.15) is 29.3 Å². The predicted octanol–water partition coefficient (Wildman–Crippen LogP) is 6.40. The fourth-order valence-electron chi connectivity index (χ4n) is 4.17. The van der Waals surface area contributed by atoms with Crippen molar-refractivity contribution in [2.45, 2.75) is 25.8 Å². The first-order chi connectivity index (χ1) is 18.7. The molecule has 0 bridgehead atoms. The van der Waals surface area contributed by atoms with Gasteiger partial charge in [0.2, 0.25) is 5.91 Å². The zero-order valence-corrected chi connectivity index (χ0v) is 23.9. The Kier molecular flexibility index (Phi) is 9.45. The van der Waals surface area contributed by atoms with Gasteiger partial charge in [0.1, 0.15) is 6.04 Å². The van der Waals surface area contributed by atoms with E-state index >= 15 is 0 Å². The lowest BCUT2D eigenvalue weighted by Gasteiger charge is -2.24. The molecule has 0 unspecified atom stereocenters. The Balaban J connectivity index is 1.57. The van der Waals surface area contributed by atoms with Gasteiger partial charge < -0.3 is 15.0 Å². The number of hydrogen-bond donors (Lipinski definition) is 1. The van der Waals surface area contributed by atoms with E-state index in [2.05, 4.69) is 5.32 Å². The van der Waals surface area contributed by atoms with Gasteiger partial charge in [0.25, 0.3) is 5.91 Å². The van der Waals surface area contributed by atoms with Crippen LogP contribution < -0.4 is 10.2 Å². The molecule has 1 saturated heterocycles. The molecule has 1 N–H and O–H groups in total. The molecule has 202 valence electrons. The number of thiocarbonyl (C=S) groups is 1. The van der Waals surface area contributed by atoms with Crippen LogP contribution in [-0.4, -0.2) is 47.0 Å². The summed E-state index contributed by atoms with van der Waals surface area (Å²) in [6.45, 7) is 2.31. The van der Waals surface area contributed by atoms with Crippen molar-refractivity contribution >= 4 is 81.3 Å². The molecule has 0 spiro atoms. The van der Waals surface area contributed by atoms with Crippen LogP contribution in [0, 0.1) is 0 Å². The van der Waals surface area contributed by atoms with E-state index in [1.54, 1.807) is 72.5 Å². The predicted molar refractivity (Wildman–Crippen MR) is 158 cm³/mol.